The van der Waals surface area contributed by atoms with Crippen LogP contribution in [0.2, 0.25) is 0 Å². The molecule has 0 bridgehead atoms. The monoisotopic (exact) mass is 393 g/mol. The SMILES string of the molecule is COC(=O)/C=C(\c1ccc(C)cc1)c1c(C(C)(C)C)cc(C)c(NC(C)=O)c1C. The van der Waals surface area contributed by atoms with E-state index in [2.05, 4.69) is 32.2 Å². The van der Waals surface area contributed by atoms with Crippen molar-refractivity contribution in [3.05, 3.63) is 69.8 Å². The number of benzene rings is 2. The van der Waals surface area contributed by atoms with Crippen molar-refractivity contribution in [2.24, 2.45) is 0 Å². The topological polar surface area (TPSA) is 55.4 Å². The summed E-state index contributed by atoms with van der Waals surface area (Å²) in [4.78, 5) is 24.1. The van der Waals surface area contributed by atoms with Crippen molar-refractivity contribution in [3.63, 3.8) is 0 Å². The Labute approximate surface area is 174 Å². The van der Waals surface area contributed by atoms with Crippen molar-refractivity contribution in [1.82, 2.24) is 0 Å². The van der Waals surface area contributed by atoms with Gasteiger partial charge in [0.2, 0.25) is 5.91 Å². The highest BCUT2D eigenvalue weighted by atomic mass is 16.5. The molecule has 0 saturated carbocycles. The maximum atomic E-state index is 12.3. The van der Waals surface area contributed by atoms with Crippen LogP contribution < -0.4 is 5.32 Å². The number of ether oxygens (including phenoxy) is 1. The zero-order valence-corrected chi connectivity index (χ0v) is 18.7. The van der Waals surface area contributed by atoms with Gasteiger partial charge in [0.25, 0.3) is 0 Å². The molecule has 0 fully saturated rings. The van der Waals surface area contributed by atoms with Crippen LogP contribution in [-0.4, -0.2) is 19.0 Å². The lowest BCUT2D eigenvalue weighted by molar-refractivity contribution is -0.134. The van der Waals surface area contributed by atoms with Crippen molar-refractivity contribution in [3.8, 4) is 0 Å². The second-order valence-electron chi connectivity index (χ2n) is 8.49. The average Bonchev–Trinajstić information content (AvgIpc) is 2.63. The van der Waals surface area contributed by atoms with E-state index in [1.54, 1.807) is 0 Å². The van der Waals surface area contributed by atoms with Crippen molar-refractivity contribution >= 4 is 23.1 Å². The number of nitrogens with one attached hydrogen (secondary N) is 1. The fourth-order valence-electron chi connectivity index (χ4n) is 3.50. The van der Waals surface area contributed by atoms with Gasteiger partial charge in [0.1, 0.15) is 0 Å². The summed E-state index contributed by atoms with van der Waals surface area (Å²) in [7, 11) is 1.38. The Morgan fingerprint density at radius 1 is 1.03 bits per heavy atom. The number of methoxy groups -OCH3 is 1. The molecule has 0 atom stereocenters. The number of esters is 1. The number of anilines is 1. The third-order valence-corrected chi connectivity index (χ3v) is 4.98. The van der Waals surface area contributed by atoms with Crippen molar-refractivity contribution in [1.29, 1.82) is 0 Å². The number of hydrogen-bond donors (Lipinski definition) is 1. The molecule has 0 saturated heterocycles. The van der Waals surface area contributed by atoms with Gasteiger partial charge in [0.05, 0.1) is 7.11 Å². The fraction of sp³-hybridized carbons (Fsp3) is 0.360. The minimum absolute atomic E-state index is 0.125. The lowest BCUT2D eigenvalue weighted by Gasteiger charge is -2.29. The predicted molar refractivity (Wildman–Crippen MR) is 119 cm³/mol. The molecule has 0 aliphatic heterocycles. The summed E-state index contributed by atoms with van der Waals surface area (Å²) < 4.78 is 4.95. The van der Waals surface area contributed by atoms with E-state index in [4.69, 9.17) is 4.74 Å². The Balaban J connectivity index is 2.93. The van der Waals surface area contributed by atoms with E-state index >= 15 is 0 Å². The molecule has 29 heavy (non-hydrogen) atoms. The largest absolute Gasteiger partial charge is 0.466 e. The summed E-state index contributed by atoms with van der Waals surface area (Å²) in [5, 5.41) is 2.96. The Morgan fingerprint density at radius 2 is 1.62 bits per heavy atom. The van der Waals surface area contributed by atoms with Gasteiger partial charge in [-0.15, -0.1) is 0 Å². The van der Waals surface area contributed by atoms with Crippen LogP contribution in [0.4, 0.5) is 5.69 Å². The van der Waals surface area contributed by atoms with Gasteiger partial charge in [-0.3, -0.25) is 4.79 Å². The summed E-state index contributed by atoms with van der Waals surface area (Å²) in [6.45, 7) is 13.9. The van der Waals surface area contributed by atoms with Crippen LogP contribution in [0.5, 0.6) is 0 Å². The van der Waals surface area contributed by atoms with E-state index in [1.165, 1.54) is 20.1 Å². The number of amides is 1. The Morgan fingerprint density at radius 3 is 2.10 bits per heavy atom. The van der Waals surface area contributed by atoms with Gasteiger partial charge in [-0.2, -0.15) is 0 Å². The van der Waals surface area contributed by atoms with Gasteiger partial charge in [-0.05, 0) is 59.6 Å². The Kier molecular flexibility index (Phi) is 6.68. The predicted octanol–water partition coefficient (Wildman–Crippen LogP) is 5.47. The van der Waals surface area contributed by atoms with Crippen LogP contribution in [0, 0.1) is 20.8 Å². The van der Waals surface area contributed by atoms with E-state index in [1.807, 2.05) is 45.0 Å². The number of rotatable bonds is 4. The van der Waals surface area contributed by atoms with E-state index in [9.17, 15) is 9.59 Å². The fourth-order valence-corrected chi connectivity index (χ4v) is 3.50. The molecular formula is C25H31NO3. The number of hydrogen-bond acceptors (Lipinski definition) is 3. The van der Waals surface area contributed by atoms with Crippen molar-refractivity contribution in [2.45, 2.75) is 53.9 Å². The molecule has 0 heterocycles. The summed E-state index contributed by atoms with van der Waals surface area (Å²) in [5.74, 6) is -0.541. The van der Waals surface area contributed by atoms with E-state index in [-0.39, 0.29) is 11.3 Å². The van der Waals surface area contributed by atoms with Gasteiger partial charge in [0, 0.05) is 18.7 Å². The quantitative estimate of drug-likeness (QED) is 0.553. The zero-order valence-electron chi connectivity index (χ0n) is 18.7. The first kappa shape index (κ1) is 22.4. The molecule has 0 aliphatic rings. The molecule has 1 amide bonds. The highest BCUT2D eigenvalue weighted by Gasteiger charge is 2.26. The normalized spacial score (nSPS) is 11.9. The van der Waals surface area contributed by atoms with Crippen LogP contribution in [0.25, 0.3) is 5.57 Å². The molecule has 0 radical (unpaired) electrons. The van der Waals surface area contributed by atoms with Crippen LogP contribution >= 0.6 is 0 Å². The minimum atomic E-state index is -0.415. The van der Waals surface area contributed by atoms with Gasteiger partial charge >= 0.3 is 5.97 Å². The van der Waals surface area contributed by atoms with Gasteiger partial charge in [-0.1, -0.05) is 56.7 Å². The molecule has 2 aromatic carbocycles. The second kappa shape index (κ2) is 8.64. The number of aryl methyl sites for hydroxylation is 2. The first-order valence-electron chi connectivity index (χ1n) is 9.75. The van der Waals surface area contributed by atoms with Crippen LogP contribution in [0.3, 0.4) is 0 Å². The maximum Gasteiger partial charge on any atom is 0.331 e. The van der Waals surface area contributed by atoms with Gasteiger partial charge in [0.15, 0.2) is 0 Å². The second-order valence-corrected chi connectivity index (χ2v) is 8.49. The third kappa shape index (κ3) is 5.14. The molecule has 154 valence electrons. The molecular weight excluding hydrogens is 362 g/mol. The molecule has 0 spiro atoms. The van der Waals surface area contributed by atoms with Gasteiger partial charge < -0.3 is 10.1 Å². The van der Waals surface area contributed by atoms with E-state index < -0.39 is 5.97 Å². The Bertz CT molecular complexity index is 961. The molecule has 2 aromatic rings. The van der Waals surface area contributed by atoms with E-state index in [0.29, 0.717) is 0 Å². The third-order valence-electron chi connectivity index (χ3n) is 4.98. The van der Waals surface area contributed by atoms with Crippen molar-refractivity contribution in [2.75, 3.05) is 12.4 Å². The lowest BCUT2D eigenvalue weighted by Crippen LogP contribution is -2.18. The van der Waals surface area contributed by atoms with Crippen molar-refractivity contribution < 1.29 is 14.3 Å². The standard InChI is InChI=1S/C25H31NO3/c1-15-9-11-19(12-10-15)20(14-22(28)29-8)23-17(3)24(26-18(4)27)16(2)13-21(23)25(5,6)7/h9-14H,1-8H3,(H,26,27)/b20-14+. The smallest absolute Gasteiger partial charge is 0.331 e. The zero-order chi connectivity index (χ0) is 21.9. The number of carbonyl (C=O) groups excluding carboxylic acids is 2. The lowest BCUT2D eigenvalue weighted by atomic mass is 9.77. The molecule has 2 rings (SSSR count). The van der Waals surface area contributed by atoms with Crippen LogP contribution in [0.15, 0.2) is 36.4 Å². The van der Waals surface area contributed by atoms with Crippen LogP contribution in [0.1, 0.15) is 61.1 Å². The molecule has 0 unspecified atom stereocenters. The summed E-state index contributed by atoms with van der Waals surface area (Å²) in [6, 6.07) is 10.2. The molecule has 0 aliphatic carbocycles. The van der Waals surface area contributed by atoms with E-state index in [0.717, 1.165) is 44.6 Å². The summed E-state index contributed by atoms with van der Waals surface area (Å²) in [6.07, 6.45) is 1.54. The first-order valence-corrected chi connectivity index (χ1v) is 9.75. The van der Waals surface area contributed by atoms with Crippen LogP contribution in [-0.2, 0) is 19.7 Å². The molecule has 4 nitrogen and oxygen atoms in total. The highest BCUT2D eigenvalue weighted by molar-refractivity contribution is 5.99. The molecule has 4 heteroatoms. The molecule has 1 N–H and O–H groups in total. The molecule has 0 aromatic heterocycles. The maximum absolute atomic E-state index is 12.3. The average molecular weight is 394 g/mol. The number of carbonyl (C=O) groups is 2. The Hall–Kier alpha value is -2.88. The first-order chi connectivity index (χ1) is 13.5. The highest BCUT2D eigenvalue weighted by Crippen LogP contribution is 2.40. The van der Waals surface area contributed by atoms with Gasteiger partial charge in [-0.25, -0.2) is 4.79 Å². The summed E-state index contributed by atoms with van der Waals surface area (Å²) >= 11 is 0. The summed E-state index contributed by atoms with van der Waals surface area (Å²) in [5.41, 5.74) is 7.44. The minimum Gasteiger partial charge on any atom is -0.466 e.